The number of rotatable bonds is 3. The molecular formula is C24H26N2O2. The highest BCUT2D eigenvalue weighted by Gasteiger charge is 2.27. The number of carbonyl (C=O) groups is 1. The van der Waals surface area contributed by atoms with Gasteiger partial charge in [-0.1, -0.05) is 44.2 Å². The van der Waals surface area contributed by atoms with E-state index in [1.165, 1.54) is 6.42 Å². The summed E-state index contributed by atoms with van der Waals surface area (Å²) >= 11 is 0. The molecule has 0 spiro atoms. The number of piperidine rings is 1. The molecule has 1 aromatic heterocycles. The zero-order valence-electron chi connectivity index (χ0n) is 16.7. The third-order valence-corrected chi connectivity index (χ3v) is 5.47. The molecule has 1 aliphatic rings. The fourth-order valence-electron chi connectivity index (χ4n) is 4.28. The van der Waals surface area contributed by atoms with Crippen LogP contribution in [0.25, 0.3) is 22.2 Å². The molecule has 0 radical (unpaired) electrons. The number of likely N-dealkylation sites (tertiary alicyclic amines) is 1. The molecule has 0 N–H and O–H groups in total. The first-order chi connectivity index (χ1) is 13.5. The van der Waals surface area contributed by atoms with Gasteiger partial charge in [-0.2, -0.15) is 0 Å². The Balaban J connectivity index is 1.81. The monoisotopic (exact) mass is 374 g/mol. The van der Waals surface area contributed by atoms with Gasteiger partial charge in [0.25, 0.3) is 5.91 Å². The molecule has 1 saturated heterocycles. The molecule has 28 heavy (non-hydrogen) atoms. The minimum atomic E-state index is 0.0983. The van der Waals surface area contributed by atoms with Gasteiger partial charge in [0.2, 0.25) is 0 Å². The standard InChI is InChI=1S/C24H26N2O2/c1-16-11-17(2)15-26(14-16)24(27)21-13-23(18-7-6-8-19(12-18)28-3)25-22-10-5-4-9-20(21)22/h4-10,12-13,16-17H,11,14-15H2,1-3H3. The van der Waals surface area contributed by atoms with Gasteiger partial charge in [-0.3, -0.25) is 4.79 Å². The molecule has 144 valence electrons. The topological polar surface area (TPSA) is 42.4 Å². The molecule has 4 rings (SSSR count). The van der Waals surface area contributed by atoms with Crippen molar-refractivity contribution in [3.63, 3.8) is 0 Å². The van der Waals surface area contributed by atoms with Crippen molar-refractivity contribution < 1.29 is 9.53 Å². The number of hydrogen-bond donors (Lipinski definition) is 0. The molecule has 2 unspecified atom stereocenters. The number of aromatic nitrogens is 1. The molecular weight excluding hydrogens is 348 g/mol. The Hall–Kier alpha value is -2.88. The van der Waals surface area contributed by atoms with Gasteiger partial charge < -0.3 is 9.64 Å². The van der Waals surface area contributed by atoms with Crippen LogP contribution in [0.3, 0.4) is 0 Å². The Morgan fingerprint density at radius 1 is 1.04 bits per heavy atom. The largest absolute Gasteiger partial charge is 0.497 e. The maximum absolute atomic E-state index is 13.5. The zero-order valence-corrected chi connectivity index (χ0v) is 16.7. The third kappa shape index (κ3) is 3.59. The van der Waals surface area contributed by atoms with Gasteiger partial charge in [0.05, 0.1) is 23.9 Å². The first-order valence-corrected chi connectivity index (χ1v) is 9.88. The van der Waals surface area contributed by atoms with Crippen molar-refractivity contribution in [3.8, 4) is 17.0 Å². The van der Waals surface area contributed by atoms with E-state index in [-0.39, 0.29) is 5.91 Å². The second-order valence-electron chi connectivity index (χ2n) is 7.96. The lowest BCUT2D eigenvalue weighted by Crippen LogP contribution is -2.42. The van der Waals surface area contributed by atoms with Gasteiger partial charge in [0.15, 0.2) is 0 Å². The molecule has 0 saturated carbocycles. The van der Waals surface area contributed by atoms with E-state index >= 15 is 0 Å². The number of nitrogens with zero attached hydrogens (tertiary/aromatic N) is 2. The van der Waals surface area contributed by atoms with Gasteiger partial charge >= 0.3 is 0 Å². The van der Waals surface area contributed by atoms with Crippen molar-refractivity contribution in [1.29, 1.82) is 0 Å². The van der Waals surface area contributed by atoms with Crippen LogP contribution in [-0.2, 0) is 0 Å². The molecule has 1 aliphatic heterocycles. The number of hydrogen-bond acceptors (Lipinski definition) is 3. The highest BCUT2D eigenvalue weighted by atomic mass is 16.5. The summed E-state index contributed by atoms with van der Waals surface area (Å²) in [5.74, 6) is 1.93. The SMILES string of the molecule is COc1cccc(-c2cc(C(=O)N3CC(C)CC(C)C3)c3ccccc3n2)c1. The van der Waals surface area contributed by atoms with E-state index < -0.39 is 0 Å². The maximum Gasteiger partial charge on any atom is 0.254 e. The molecule has 2 atom stereocenters. The predicted molar refractivity (Wildman–Crippen MR) is 113 cm³/mol. The van der Waals surface area contributed by atoms with E-state index in [2.05, 4.69) is 13.8 Å². The smallest absolute Gasteiger partial charge is 0.254 e. The van der Waals surface area contributed by atoms with Crippen molar-refractivity contribution in [1.82, 2.24) is 9.88 Å². The maximum atomic E-state index is 13.5. The van der Waals surface area contributed by atoms with Gasteiger partial charge in [-0.25, -0.2) is 4.98 Å². The molecule has 3 aromatic rings. The molecule has 4 heteroatoms. The zero-order chi connectivity index (χ0) is 19.7. The van der Waals surface area contributed by atoms with Crippen LogP contribution in [0.4, 0.5) is 0 Å². The Morgan fingerprint density at radius 3 is 2.54 bits per heavy atom. The summed E-state index contributed by atoms with van der Waals surface area (Å²) in [4.78, 5) is 20.3. The first-order valence-electron chi connectivity index (χ1n) is 9.88. The summed E-state index contributed by atoms with van der Waals surface area (Å²) in [6.45, 7) is 6.08. The van der Waals surface area contributed by atoms with Crippen molar-refractivity contribution in [3.05, 3.63) is 60.2 Å². The second-order valence-corrected chi connectivity index (χ2v) is 7.96. The van der Waals surface area contributed by atoms with Crippen molar-refractivity contribution >= 4 is 16.8 Å². The lowest BCUT2D eigenvalue weighted by atomic mass is 9.91. The van der Waals surface area contributed by atoms with E-state index in [9.17, 15) is 4.79 Å². The Morgan fingerprint density at radius 2 is 1.79 bits per heavy atom. The summed E-state index contributed by atoms with van der Waals surface area (Å²) in [5, 5.41) is 0.907. The average molecular weight is 374 g/mol. The van der Waals surface area contributed by atoms with E-state index in [0.717, 1.165) is 46.6 Å². The van der Waals surface area contributed by atoms with Crippen molar-refractivity contribution in [2.75, 3.05) is 20.2 Å². The molecule has 2 aromatic carbocycles. The summed E-state index contributed by atoms with van der Waals surface area (Å²) in [6.07, 6.45) is 1.18. The van der Waals surface area contributed by atoms with E-state index in [0.29, 0.717) is 11.8 Å². The highest BCUT2D eigenvalue weighted by Crippen LogP contribution is 2.29. The Bertz CT molecular complexity index is 1000. The second kappa shape index (κ2) is 7.63. The number of ether oxygens (including phenoxy) is 1. The van der Waals surface area contributed by atoms with E-state index in [1.807, 2.05) is 59.5 Å². The van der Waals surface area contributed by atoms with Crippen LogP contribution in [0.1, 0.15) is 30.6 Å². The summed E-state index contributed by atoms with van der Waals surface area (Å²) < 4.78 is 5.36. The lowest BCUT2D eigenvalue weighted by molar-refractivity contribution is 0.0625. The summed E-state index contributed by atoms with van der Waals surface area (Å²) in [5.41, 5.74) is 3.30. The highest BCUT2D eigenvalue weighted by molar-refractivity contribution is 6.07. The summed E-state index contributed by atoms with van der Waals surface area (Å²) in [7, 11) is 1.65. The van der Waals surface area contributed by atoms with Gasteiger partial charge in [0, 0.05) is 24.0 Å². The summed E-state index contributed by atoms with van der Waals surface area (Å²) in [6, 6.07) is 17.6. The van der Waals surface area contributed by atoms with Crippen LogP contribution in [0.15, 0.2) is 54.6 Å². The van der Waals surface area contributed by atoms with Gasteiger partial charge in [-0.05, 0) is 42.5 Å². The van der Waals surface area contributed by atoms with Crippen LogP contribution < -0.4 is 4.74 Å². The number of carbonyl (C=O) groups excluding carboxylic acids is 1. The van der Waals surface area contributed by atoms with Gasteiger partial charge in [-0.15, -0.1) is 0 Å². The van der Waals surface area contributed by atoms with Crippen LogP contribution in [-0.4, -0.2) is 36.0 Å². The molecule has 2 heterocycles. The van der Waals surface area contributed by atoms with Crippen LogP contribution in [0.2, 0.25) is 0 Å². The molecule has 0 aliphatic carbocycles. The molecule has 0 bridgehead atoms. The van der Waals surface area contributed by atoms with Crippen LogP contribution in [0, 0.1) is 11.8 Å². The quantitative estimate of drug-likeness (QED) is 0.646. The predicted octanol–water partition coefficient (Wildman–Crippen LogP) is 5.03. The Labute approximate surface area is 166 Å². The number of methoxy groups -OCH3 is 1. The molecule has 1 fully saturated rings. The number of fused-ring (bicyclic) bond motifs is 1. The molecule has 1 amide bonds. The number of pyridine rings is 1. The Kier molecular flexibility index (Phi) is 5.03. The average Bonchev–Trinajstić information content (AvgIpc) is 2.71. The number of benzene rings is 2. The van der Waals surface area contributed by atoms with E-state index in [1.54, 1.807) is 7.11 Å². The fourth-order valence-corrected chi connectivity index (χ4v) is 4.28. The number of amides is 1. The lowest BCUT2D eigenvalue weighted by Gasteiger charge is -2.35. The fraction of sp³-hybridized carbons (Fsp3) is 0.333. The van der Waals surface area contributed by atoms with Crippen molar-refractivity contribution in [2.24, 2.45) is 11.8 Å². The minimum Gasteiger partial charge on any atom is -0.497 e. The first kappa shape index (κ1) is 18.5. The van der Waals surface area contributed by atoms with Gasteiger partial charge in [0.1, 0.15) is 5.75 Å². The van der Waals surface area contributed by atoms with Crippen LogP contribution in [0.5, 0.6) is 5.75 Å². The van der Waals surface area contributed by atoms with Crippen molar-refractivity contribution in [2.45, 2.75) is 20.3 Å². The number of para-hydroxylation sites is 1. The normalized spacial score (nSPS) is 19.6. The molecule has 4 nitrogen and oxygen atoms in total. The van der Waals surface area contributed by atoms with Crippen LogP contribution >= 0.6 is 0 Å². The minimum absolute atomic E-state index is 0.0983. The third-order valence-electron chi connectivity index (χ3n) is 5.47. The van der Waals surface area contributed by atoms with E-state index in [4.69, 9.17) is 9.72 Å².